The zero-order chi connectivity index (χ0) is 31.0. The van der Waals surface area contributed by atoms with Crippen molar-refractivity contribution in [3.05, 3.63) is 65.0 Å². The number of hydrogen-bond acceptors (Lipinski definition) is 8. The highest BCUT2D eigenvalue weighted by Crippen LogP contribution is 2.54. The summed E-state index contributed by atoms with van der Waals surface area (Å²) in [5.41, 5.74) is 5.21. The van der Waals surface area contributed by atoms with Gasteiger partial charge in [0.2, 0.25) is 11.8 Å². The zero-order valence-electron chi connectivity index (χ0n) is 24.3. The first-order chi connectivity index (χ1) is 19.6. The molecule has 2 atom stereocenters. The quantitative estimate of drug-likeness (QED) is 0.363. The van der Waals surface area contributed by atoms with Gasteiger partial charge in [-0.25, -0.2) is 22.2 Å². The van der Waals surface area contributed by atoms with Crippen molar-refractivity contribution in [1.29, 1.82) is 0 Å². The van der Waals surface area contributed by atoms with Crippen LogP contribution in [0.3, 0.4) is 0 Å². The lowest BCUT2D eigenvalue weighted by Crippen LogP contribution is -2.54. The van der Waals surface area contributed by atoms with E-state index in [1.807, 2.05) is 13.8 Å². The molecular weight excluding hydrogens is 568 g/mol. The maximum atomic E-state index is 14.7. The number of carbonyl (C=O) groups excluding carboxylic acids is 2. The Bertz CT molecular complexity index is 1600. The molecule has 1 aliphatic rings. The number of hydrogen-bond donors (Lipinski definition) is 1. The second-order valence-electron chi connectivity index (χ2n) is 11.8. The first kappa shape index (κ1) is 31.2. The number of fused-ring (bicyclic) bond motifs is 1. The van der Waals surface area contributed by atoms with Gasteiger partial charge in [0.1, 0.15) is 23.7 Å². The molecule has 0 fully saturated rings. The topological polar surface area (TPSA) is 149 Å². The van der Waals surface area contributed by atoms with Crippen LogP contribution in [0.4, 0.5) is 8.78 Å². The van der Waals surface area contributed by atoms with Crippen molar-refractivity contribution in [3.63, 3.8) is 0 Å². The lowest BCUT2D eigenvalue weighted by Gasteiger charge is -2.52. The minimum atomic E-state index is -3.45. The van der Waals surface area contributed by atoms with Gasteiger partial charge in [0.15, 0.2) is 15.5 Å². The van der Waals surface area contributed by atoms with Gasteiger partial charge >= 0.3 is 0 Å². The van der Waals surface area contributed by atoms with Gasteiger partial charge in [0.05, 0.1) is 17.0 Å². The molecule has 2 amide bonds. The second kappa shape index (κ2) is 11.5. The van der Waals surface area contributed by atoms with Crippen LogP contribution in [-0.4, -0.2) is 59.7 Å². The average molecular weight is 604 g/mol. The molecule has 1 aliphatic carbocycles. The van der Waals surface area contributed by atoms with Gasteiger partial charge in [-0.2, -0.15) is 10.2 Å². The molecule has 42 heavy (non-hydrogen) atoms. The van der Waals surface area contributed by atoms with Crippen molar-refractivity contribution in [2.75, 3.05) is 19.3 Å². The number of nitrogens with two attached hydrogens (primary N) is 1. The van der Waals surface area contributed by atoms with Crippen LogP contribution in [0.1, 0.15) is 80.5 Å². The molecule has 0 unspecified atom stereocenters. The first-order valence-corrected chi connectivity index (χ1v) is 15.6. The molecule has 0 spiro atoms. The van der Waals surface area contributed by atoms with E-state index in [4.69, 9.17) is 10.2 Å². The van der Waals surface area contributed by atoms with Crippen molar-refractivity contribution in [1.82, 2.24) is 20.1 Å². The third-order valence-corrected chi connectivity index (χ3v) is 9.10. The van der Waals surface area contributed by atoms with Crippen LogP contribution in [0.15, 0.2) is 34.9 Å². The molecule has 2 aromatic heterocycles. The van der Waals surface area contributed by atoms with Crippen molar-refractivity contribution >= 4 is 21.7 Å². The number of benzene rings is 1. The molecule has 0 bridgehead atoms. The summed E-state index contributed by atoms with van der Waals surface area (Å²) in [6.45, 7) is 8.12. The largest absolute Gasteiger partial charge is 0.447 e. The van der Waals surface area contributed by atoms with Crippen molar-refractivity contribution in [2.24, 2.45) is 11.1 Å². The third-order valence-electron chi connectivity index (χ3n) is 8.33. The van der Waals surface area contributed by atoms with Crippen LogP contribution in [-0.2, 0) is 25.8 Å². The number of aromatic nitrogens is 3. The minimum Gasteiger partial charge on any atom is -0.447 e. The molecule has 1 aromatic carbocycles. The number of amides is 2. The number of oxazole rings is 1. The maximum absolute atomic E-state index is 14.7. The van der Waals surface area contributed by atoms with Crippen LogP contribution < -0.4 is 5.73 Å². The summed E-state index contributed by atoms with van der Waals surface area (Å²) in [7, 11) is -3.45. The van der Waals surface area contributed by atoms with E-state index in [0.29, 0.717) is 12.1 Å². The fourth-order valence-electron chi connectivity index (χ4n) is 5.68. The van der Waals surface area contributed by atoms with E-state index in [1.54, 1.807) is 6.07 Å². The average Bonchev–Trinajstić information content (AvgIpc) is 3.35. The Kier molecular flexibility index (Phi) is 8.55. The summed E-state index contributed by atoms with van der Waals surface area (Å²) < 4.78 is 57.9. The van der Waals surface area contributed by atoms with Crippen LogP contribution in [0.2, 0.25) is 0 Å². The van der Waals surface area contributed by atoms with E-state index >= 15 is 0 Å². The molecule has 0 saturated heterocycles. The van der Waals surface area contributed by atoms with Crippen LogP contribution in [0.5, 0.6) is 0 Å². The number of sulfone groups is 1. The highest BCUT2D eigenvalue weighted by Gasteiger charge is 2.51. The highest BCUT2D eigenvalue weighted by molar-refractivity contribution is 7.89. The number of halogens is 2. The standard InChI is InChI=1S/C29H35F2N5O5S/c1-6-17-13-28(2,3)29(4,26-18(17)12-21(34-35-26)25-19(30)8-7-9-20(25)31)16-36(11-10-23(32)37)27(38)22-14-41-24(33-22)15-42(5,39)40/h7-9,12,14,17H,6,10-11,13,15-16H2,1-5H3,(H2,32,37)/t17-,29+/m1/s1. The lowest BCUT2D eigenvalue weighted by atomic mass is 9.55. The van der Waals surface area contributed by atoms with Crippen molar-refractivity contribution < 1.29 is 31.2 Å². The number of nitrogens with zero attached hydrogens (tertiary/aromatic N) is 4. The van der Waals surface area contributed by atoms with Crippen LogP contribution >= 0.6 is 0 Å². The predicted molar refractivity (Wildman–Crippen MR) is 151 cm³/mol. The Morgan fingerprint density at radius 2 is 1.83 bits per heavy atom. The summed E-state index contributed by atoms with van der Waals surface area (Å²) in [6.07, 6.45) is 3.41. The summed E-state index contributed by atoms with van der Waals surface area (Å²) >= 11 is 0. The Morgan fingerprint density at radius 3 is 2.43 bits per heavy atom. The van der Waals surface area contributed by atoms with Gasteiger partial charge in [-0.15, -0.1) is 0 Å². The van der Waals surface area contributed by atoms with E-state index in [-0.39, 0.29) is 48.3 Å². The smallest absolute Gasteiger partial charge is 0.275 e. The Labute approximate surface area is 243 Å². The van der Waals surface area contributed by atoms with E-state index in [1.165, 1.54) is 11.0 Å². The molecule has 10 nitrogen and oxygen atoms in total. The monoisotopic (exact) mass is 603 g/mol. The molecular formula is C29H35F2N5O5S. The summed E-state index contributed by atoms with van der Waals surface area (Å²) in [5, 5.41) is 8.78. The highest BCUT2D eigenvalue weighted by atomic mass is 32.2. The minimum absolute atomic E-state index is 0.0102. The molecule has 2 N–H and O–H groups in total. The fraction of sp³-hybridized carbons (Fsp3) is 0.483. The Balaban J connectivity index is 1.79. The number of primary amides is 1. The van der Waals surface area contributed by atoms with Crippen molar-refractivity contribution in [3.8, 4) is 11.3 Å². The summed E-state index contributed by atoms with van der Waals surface area (Å²) in [4.78, 5) is 30.9. The molecule has 4 rings (SSSR count). The van der Waals surface area contributed by atoms with E-state index in [0.717, 1.165) is 36.6 Å². The molecule has 2 heterocycles. The van der Waals surface area contributed by atoms with Crippen LogP contribution in [0.25, 0.3) is 11.3 Å². The molecule has 13 heteroatoms. The van der Waals surface area contributed by atoms with Gasteiger partial charge < -0.3 is 15.1 Å². The van der Waals surface area contributed by atoms with Crippen LogP contribution in [0, 0.1) is 17.0 Å². The third kappa shape index (κ3) is 6.20. The first-order valence-electron chi connectivity index (χ1n) is 13.6. The van der Waals surface area contributed by atoms with Gasteiger partial charge in [-0.05, 0) is 47.9 Å². The lowest BCUT2D eigenvalue weighted by molar-refractivity contribution is -0.118. The molecule has 0 radical (unpaired) electrons. The van der Waals surface area contributed by atoms with Gasteiger partial charge in [0.25, 0.3) is 5.91 Å². The Morgan fingerprint density at radius 1 is 1.17 bits per heavy atom. The number of carbonyl (C=O) groups is 2. The molecule has 226 valence electrons. The number of rotatable bonds is 10. The second-order valence-corrected chi connectivity index (χ2v) is 13.9. The Hall–Kier alpha value is -3.74. The fourth-order valence-corrected chi connectivity index (χ4v) is 6.26. The molecule has 0 saturated carbocycles. The molecule has 3 aromatic rings. The van der Waals surface area contributed by atoms with E-state index < -0.39 is 49.9 Å². The normalized spacial score (nSPS) is 19.7. The van der Waals surface area contributed by atoms with E-state index in [9.17, 15) is 26.8 Å². The molecule has 0 aliphatic heterocycles. The zero-order valence-corrected chi connectivity index (χ0v) is 25.1. The SMILES string of the molecule is CC[C@@H]1CC(C)(C)[C@@](C)(CN(CCC(N)=O)C(=O)c2coc(CS(C)(=O)=O)n2)c2nnc(-c3c(F)cccc3F)cc21. The van der Waals surface area contributed by atoms with Crippen molar-refractivity contribution in [2.45, 2.75) is 64.0 Å². The maximum Gasteiger partial charge on any atom is 0.275 e. The van der Waals surface area contributed by atoms with Gasteiger partial charge in [-0.1, -0.05) is 33.8 Å². The predicted octanol–water partition coefficient (Wildman–Crippen LogP) is 4.15. The van der Waals surface area contributed by atoms with E-state index in [2.05, 4.69) is 29.0 Å². The summed E-state index contributed by atoms with van der Waals surface area (Å²) in [6, 6.07) is 5.29. The summed E-state index contributed by atoms with van der Waals surface area (Å²) in [5.74, 6) is -3.27. The van der Waals surface area contributed by atoms with Gasteiger partial charge in [-0.3, -0.25) is 9.59 Å². The van der Waals surface area contributed by atoms with Gasteiger partial charge in [0, 0.05) is 31.2 Å².